The number of imidazole rings is 1. The second-order valence-electron chi connectivity index (χ2n) is 5.31. The molecule has 0 saturated heterocycles. The number of nitrogens with zero attached hydrogens (tertiary/aromatic N) is 2. The predicted octanol–water partition coefficient (Wildman–Crippen LogP) is 4.86. The van der Waals surface area contributed by atoms with Gasteiger partial charge < -0.3 is 9.30 Å². The van der Waals surface area contributed by atoms with E-state index in [4.69, 9.17) is 16.3 Å². The molecule has 0 amide bonds. The SMILES string of the molecule is Cc1nc2ccccc2n1CCCCOc1ccc(Cl)cc1. The molecule has 0 radical (unpaired) electrons. The highest BCUT2D eigenvalue weighted by molar-refractivity contribution is 6.30. The van der Waals surface area contributed by atoms with E-state index in [2.05, 4.69) is 34.7 Å². The summed E-state index contributed by atoms with van der Waals surface area (Å²) in [6, 6.07) is 15.8. The molecular weight excluding hydrogens is 296 g/mol. The van der Waals surface area contributed by atoms with Crippen LogP contribution in [0, 0.1) is 6.92 Å². The quantitative estimate of drug-likeness (QED) is 0.608. The van der Waals surface area contributed by atoms with Crippen molar-refractivity contribution < 1.29 is 4.74 Å². The minimum absolute atomic E-state index is 0.716. The predicted molar refractivity (Wildman–Crippen MR) is 90.7 cm³/mol. The number of ether oxygens (including phenoxy) is 1. The molecule has 3 aromatic rings. The molecule has 0 N–H and O–H groups in total. The summed E-state index contributed by atoms with van der Waals surface area (Å²) in [5.41, 5.74) is 2.27. The minimum atomic E-state index is 0.716. The first kappa shape index (κ1) is 14.9. The van der Waals surface area contributed by atoms with Crippen LogP contribution in [-0.2, 0) is 6.54 Å². The van der Waals surface area contributed by atoms with E-state index in [0.717, 1.165) is 41.5 Å². The van der Waals surface area contributed by atoms with E-state index < -0.39 is 0 Å². The maximum absolute atomic E-state index is 5.85. The zero-order chi connectivity index (χ0) is 15.4. The van der Waals surface area contributed by atoms with E-state index in [1.807, 2.05) is 30.3 Å². The molecule has 3 nitrogen and oxygen atoms in total. The van der Waals surface area contributed by atoms with Gasteiger partial charge in [0, 0.05) is 11.6 Å². The molecule has 114 valence electrons. The molecule has 1 aromatic heterocycles. The number of hydrogen-bond donors (Lipinski definition) is 0. The fourth-order valence-corrected chi connectivity index (χ4v) is 2.70. The fraction of sp³-hybridized carbons (Fsp3) is 0.278. The fourth-order valence-electron chi connectivity index (χ4n) is 2.57. The van der Waals surface area contributed by atoms with Crippen LogP contribution in [0.2, 0.25) is 5.02 Å². The van der Waals surface area contributed by atoms with Gasteiger partial charge in [0.05, 0.1) is 17.6 Å². The Morgan fingerprint density at radius 2 is 1.82 bits per heavy atom. The first-order valence-corrected chi connectivity index (χ1v) is 7.92. The Bertz CT molecular complexity index is 749. The monoisotopic (exact) mass is 314 g/mol. The highest BCUT2D eigenvalue weighted by atomic mass is 35.5. The van der Waals surface area contributed by atoms with E-state index in [9.17, 15) is 0 Å². The molecule has 3 rings (SSSR count). The summed E-state index contributed by atoms with van der Waals surface area (Å²) in [5.74, 6) is 1.94. The molecule has 0 bridgehead atoms. The van der Waals surface area contributed by atoms with Gasteiger partial charge in [0.2, 0.25) is 0 Å². The summed E-state index contributed by atoms with van der Waals surface area (Å²) >= 11 is 5.85. The third-order valence-electron chi connectivity index (χ3n) is 3.70. The van der Waals surface area contributed by atoms with Crippen LogP contribution < -0.4 is 4.74 Å². The van der Waals surface area contributed by atoms with Crippen LogP contribution in [0.1, 0.15) is 18.7 Å². The van der Waals surface area contributed by atoms with Gasteiger partial charge in [0.15, 0.2) is 0 Å². The Labute approximate surface area is 135 Å². The lowest BCUT2D eigenvalue weighted by Crippen LogP contribution is -2.03. The van der Waals surface area contributed by atoms with Gasteiger partial charge in [-0.25, -0.2) is 4.98 Å². The van der Waals surface area contributed by atoms with Crippen LogP contribution >= 0.6 is 11.6 Å². The summed E-state index contributed by atoms with van der Waals surface area (Å²) in [5, 5.41) is 0.731. The molecule has 0 spiro atoms. The Balaban J connectivity index is 1.50. The maximum Gasteiger partial charge on any atom is 0.119 e. The van der Waals surface area contributed by atoms with Crippen molar-refractivity contribution in [2.75, 3.05) is 6.61 Å². The number of aromatic nitrogens is 2. The highest BCUT2D eigenvalue weighted by Gasteiger charge is 2.05. The normalized spacial score (nSPS) is 11.0. The lowest BCUT2D eigenvalue weighted by molar-refractivity contribution is 0.303. The van der Waals surface area contributed by atoms with Crippen LogP contribution in [0.25, 0.3) is 11.0 Å². The van der Waals surface area contributed by atoms with Gasteiger partial charge >= 0.3 is 0 Å². The largest absolute Gasteiger partial charge is 0.494 e. The van der Waals surface area contributed by atoms with Crippen molar-refractivity contribution in [1.29, 1.82) is 0 Å². The number of hydrogen-bond acceptors (Lipinski definition) is 2. The highest BCUT2D eigenvalue weighted by Crippen LogP contribution is 2.17. The van der Waals surface area contributed by atoms with Crippen LogP contribution in [0.15, 0.2) is 48.5 Å². The number of aryl methyl sites for hydroxylation is 2. The minimum Gasteiger partial charge on any atom is -0.494 e. The van der Waals surface area contributed by atoms with Crippen molar-refractivity contribution in [2.45, 2.75) is 26.3 Å². The van der Waals surface area contributed by atoms with Crippen LogP contribution in [0.5, 0.6) is 5.75 Å². The molecule has 0 unspecified atom stereocenters. The number of unbranched alkanes of at least 4 members (excludes halogenated alkanes) is 1. The van der Waals surface area contributed by atoms with Crippen LogP contribution in [-0.4, -0.2) is 16.2 Å². The molecule has 0 aliphatic heterocycles. The Morgan fingerprint density at radius 1 is 1.05 bits per heavy atom. The first-order valence-electron chi connectivity index (χ1n) is 7.54. The Kier molecular flexibility index (Phi) is 4.64. The molecule has 2 aromatic carbocycles. The van der Waals surface area contributed by atoms with Gasteiger partial charge in [-0.1, -0.05) is 23.7 Å². The number of benzene rings is 2. The molecule has 1 heterocycles. The average molecular weight is 315 g/mol. The van der Waals surface area contributed by atoms with Gasteiger partial charge in [0.25, 0.3) is 0 Å². The summed E-state index contributed by atoms with van der Waals surface area (Å²) in [7, 11) is 0. The van der Waals surface area contributed by atoms with Crippen LogP contribution in [0.3, 0.4) is 0 Å². The molecule has 0 atom stereocenters. The first-order chi connectivity index (χ1) is 10.7. The van der Waals surface area contributed by atoms with E-state index >= 15 is 0 Å². The van der Waals surface area contributed by atoms with E-state index in [0.29, 0.717) is 6.61 Å². The summed E-state index contributed by atoms with van der Waals surface area (Å²) in [4.78, 5) is 4.59. The second-order valence-corrected chi connectivity index (χ2v) is 5.75. The molecule has 0 aliphatic rings. The van der Waals surface area contributed by atoms with Gasteiger partial charge in [-0.2, -0.15) is 0 Å². The Hall–Kier alpha value is -2.00. The smallest absolute Gasteiger partial charge is 0.119 e. The standard InChI is InChI=1S/C18H19ClN2O/c1-14-20-17-6-2-3-7-18(17)21(14)12-4-5-13-22-16-10-8-15(19)9-11-16/h2-3,6-11H,4-5,12-13H2,1H3. The maximum atomic E-state index is 5.85. The lowest BCUT2D eigenvalue weighted by atomic mass is 10.3. The van der Waals surface area contributed by atoms with Gasteiger partial charge in [-0.15, -0.1) is 0 Å². The van der Waals surface area contributed by atoms with Crippen molar-refractivity contribution in [2.24, 2.45) is 0 Å². The molecule has 0 saturated carbocycles. The van der Waals surface area contributed by atoms with Gasteiger partial charge in [0.1, 0.15) is 11.6 Å². The van der Waals surface area contributed by atoms with E-state index in [1.54, 1.807) is 0 Å². The number of halogens is 1. The van der Waals surface area contributed by atoms with Crippen molar-refractivity contribution >= 4 is 22.6 Å². The molecular formula is C18H19ClN2O. The molecule has 22 heavy (non-hydrogen) atoms. The van der Waals surface area contributed by atoms with E-state index in [-0.39, 0.29) is 0 Å². The second kappa shape index (κ2) is 6.84. The van der Waals surface area contributed by atoms with Crippen molar-refractivity contribution in [3.8, 4) is 5.75 Å². The molecule has 0 fully saturated rings. The zero-order valence-corrected chi connectivity index (χ0v) is 13.4. The van der Waals surface area contributed by atoms with Crippen molar-refractivity contribution in [1.82, 2.24) is 9.55 Å². The zero-order valence-electron chi connectivity index (χ0n) is 12.6. The van der Waals surface area contributed by atoms with E-state index in [1.165, 1.54) is 5.52 Å². The van der Waals surface area contributed by atoms with Crippen LogP contribution in [0.4, 0.5) is 0 Å². The summed E-state index contributed by atoms with van der Waals surface area (Å²) < 4.78 is 7.99. The number of rotatable bonds is 6. The number of fused-ring (bicyclic) bond motifs is 1. The number of para-hydroxylation sites is 2. The third kappa shape index (κ3) is 3.42. The summed E-state index contributed by atoms with van der Waals surface area (Å²) in [6.45, 7) is 3.74. The third-order valence-corrected chi connectivity index (χ3v) is 3.96. The van der Waals surface area contributed by atoms with Gasteiger partial charge in [-0.3, -0.25) is 0 Å². The molecule has 4 heteroatoms. The topological polar surface area (TPSA) is 27.1 Å². The summed E-state index contributed by atoms with van der Waals surface area (Å²) in [6.07, 6.45) is 2.07. The van der Waals surface area contributed by atoms with Crippen molar-refractivity contribution in [3.63, 3.8) is 0 Å². The Morgan fingerprint density at radius 3 is 2.64 bits per heavy atom. The van der Waals surface area contributed by atoms with Crippen molar-refractivity contribution in [3.05, 3.63) is 59.4 Å². The lowest BCUT2D eigenvalue weighted by Gasteiger charge is -2.08. The molecule has 0 aliphatic carbocycles. The van der Waals surface area contributed by atoms with Gasteiger partial charge in [-0.05, 0) is 56.2 Å². The average Bonchev–Trinajstić information content (AvgIpc) is 2.85.